The van der Waals surface area contributed by atoms with Crippen molar-refractivity contribution in [1.82, 2.24) is 14.9 Å². The molecule has 0 fully saturated rings. The van der Waals surface area contributed by atoms with Crippen LogP contribution >= 0.6 is 11.6 Å². The molecule has 0 aliphatic carbocycles. The number of aromatic nitrogens is 2. The molecule has 0 amide bonds. The zero-order chi connectivity index (χ0) is 18.1. The van der Waals surface area contributed by atoms with Crippen LogP contribution in [0.15, 0.2) is 53.3 Å². The highest BCUT2D eigenvalue weighted by Gasteiger charge is 2.22. The molecule has 6 heteroatoms. The summed E-state index contributed by atoms with van der Waals surface area (Å²) in [6.45, 7) is 1.72. The number of rotatable bonds is 3. The highest BCUT2D eigenvalue weighted by molar-refractivity contribution is 6.30. The maximum atomic E-state index is 13.9. The smallest absolute Gasteiger partial charge is 0.254 e. The van der Waals surface area contributed by atoms with Gasteiger partial charge in [-0.05, 0) is 36.8 Å². The molecule has 0 radical (unpaired) electrons. The van der Waals surface area contributed by atoms with Gasteiger partial charge in [0.05, 0.1) is 5.69 Å². The lowest BCUT2D eigenvalue weighted by molar-refractivity contribution is 0.237. The number of nitrogens with one attached hydrogen (secondary N) is 1. The molecule has 0 atom stereocenters. The molecule has 0 saturated heterocycles. The van der Waals surface area contributed by atoms with E-state index >= 15 is 0 Å². The molecule has 0 unspecified atom stereocenters. The van der Waals surface area contributed by atoms with E-state index < -0.39 is 0 Å². The average Bonchev–Trinajstić information content (AvgIpc) is 2.64. The average molecular weight is 370 g/mol. The molecule has 4 nitrogen and oxygen atoms in total. The third kappa shape index (κ3) is 3.41. The lowest BCUT2D eigenvalue weighted by atomic mass is 10.0. The Labute approximate surface area is 155 Å². The first-order valence-electron chi connectivity index (χ1n) is 8.44. The maximum absolute atomic E-state index is 13.9. The van der Waals surface area contributed by atoms with Crippen molar-refractivity contribution in [3.8, 4) is 11.4 Å². The fourth-order valence-electron chi connectivity index (χ4n) is 3.24. The van der Waals surface area contributed by atoms with Crippen molar-refractivity contribution in [2.45, 2.75) is 19.5 Å². The van der Waals surface area contributed by atoms with Crippen LogP contribution in [0, 0.1) is 5.82 Å². The van der Waals surface area contributed by atoms with E-state index in [4.69, 9.17) is 11.6 Å². The highest BCUT2D eigenvalue weighted by atomic mass is 35.5. The fourth-order valence-corrected chi connectivity index (χ4v) is 3.37. The zero-order valence-corrected chi connectivity index (χ0v) is 14.8. The first-order chi connectivity index (χ1) is 12.6. The Hall–Kier alpha value is -2.50. The largest absolute Gasteiger partial charge is 0.306 e. The molecule has 1 N–H and O–H groups in total. The topological polar surface area (TPSA) is 49.0 Å². The molecule has 2 aromatic carbocycles. The molecule has 0 bridgehead atoms. The van der Waals surface area contributed by atoms with Crippen molar-refractivity contribution in [2.24, 2.45) is 0 Å². The van der Waals surface area contributed by atoms with Crippen molar-refractivity contribution < 1.29 is 4.39 Å². The first kappa shape index (κ1) is 16.9. The Morgan fingerprint density at radius 3 is 2.69 bits per heavy atom. The summed E-state index contributed by atoms with van der Waals surface area (Å²) >= 11 is 5.93. The Bertz CT molecular complexity index is 1000. The van der Waals surface area contributed by atoms with Gasteiger partial charge in [-0.15, -0.1) is 0 Å². The molecule has 0 spiro atoms. The van der Waals surface area contributed by atoms with Gasteiger partial charge in [0.1, 0.15) is 11.6 Å². The number of aromatic amines is 1. The summed E-state index contributed by atoms with van der Waals surface area (Å²) in [6.07, 6.45) is 0.604. The van der Waals surface area contributed by atoms with E-state index in [0.29, 0.717) is 48.0 Å². The number of fused-ring (bicyclic) bond motifs is 1. The van der Waals surface area contributed by atoms with Gasteiger partial charge < -0.3 is 4.98 Å². The van der Waals surface area contributed by atoms with Gasteiger partial charge in [0.2, 0.25) is 0 Å². The third-order valence-corrected chi connectivity index (χ3v) is 4.87. The van der Waals surface area contributed by atoms with Crippen LogP contribution in [0.1, 0.15) is 16.8 Å². The number of hydrogen-bond donors (Lipinski definition) is 1. The van der Waals surface area contributed by atoms with Gasteiger partial charge in [-0.1, -0.05) is 29.8 Å². The van der Waals surface area contributed by atoms with Crippen LogP contribution in [-0.2, 0) is 19.5 Å². The van der Waals surface area contributed by atoms with E-state index in [1.165, 1.54) is 6.07 Å². The van der Waals surface area contributed by atoms with Crippen LogP contribution in [0.2, 0.25) is 5.02 Å². The predicted octanol–water partition coefficient (Wildman–Crippen LogP) is 3.79. The van der Waals surface area contributed by atoms with Crippen molar-refractivity contribution in [3.05, 3.63) is 86.5 Å². The summed E-state index contributed by atoms with van der Waals surface area (Å²) in [6, 6.07) is 14.0. The quantitative estimate of drug-likeness (QED) is 0.764. The fraction of sp³-hybridized carbons (Fsp3) is 0.200. The molecule has 132 valence electrons. The first-order valence-corrected chi connectivity index (χ1v) is 8.82. The lowest BCUT2D eigenvalue weighted by Gasteiger charge is -2.27. The minimum absolute atomic E-state index is 0.106. The second kappa shape index (κ2) is 7.02. The van der Waals surface area contributed by atoms with Crippen LogP contribution in [-0.4, -0.2) is 21.4 Å². The normalized spacial score (nSPS) is 14.2. The Morgan fingerprint density at radius 1 is 1.15 bits per heavy atom. The molecule has 0 saturated carbocycles. The molecule has 3 aromatic rings. The third-order valence-electron chi connectivity index (χ3n) is 4.62. The Morgan fingerprint density at radius 2 is 1.92 bits per heavy atom. The van der Waals surface area contributed by atoms with Gasteiger partial charge in [-0.3, -0.25) is 9.69 Å². The van der Waals surface area contributed by atoms with Crippen LogP contribution in [0.5, 0.6) is 0 Å². The molecular weight excluding hydrogens is 353 g/mol. The number of hydrogen-bond acceptors (Lipinski definition) is 3. The van der Waals surface area contributed by atoms with Crippen molar-refractivity contribution in [1.29, 1.82) is 0 Å². The minimum Gasteiger partial charge on any atom is -0.306 e. The summed E-state index contributed by atoms with van der Waals surface area (Å²) in [7, 11) is 0. The van der Waals surface area contributed by atoms with Gasteiger partial charge in [0, 0.05) is 41.3 Å². The summed E-state index contributed by atoms with van der Waals surface area (Å²) in [5.74, 6) is 0.317. The van der Waals surface area contributed by atoms with Gasteiger partial charge in [-0.25, -0.2) is 9.37 Å². The highest BCUT2D eigenvalue weighted by Crippen LogP contribution is 2.22. The SMILES string of the molecule is O=c1[nH]c(-c2ccc(Cl)cc2)nc2c1CCN(Cc1ccccc1F)C2. The van der Waals surface area contributed by atoms with Crippen molar-refractivity contribution >= 4 is 11.6 Å². The second-order valence-corrected chi connectivity index (χ2v) is 6.84. The van der Waals surface area contributed by atoms with Gasteiger partial charge in [0.15, 0.2) is 0 Å². The van der Waals surface area contributed by atoms with Gasteiger partial charge in [-0.2, -0.15) is 0 Å². The van der Waals surface area contributed by atoms with E-state index in [9.17, 15) is 9.18 Å². The molecule has 4 rings (SSSR count). The number of halogens is 2. The molecule has 2 heterocycles. The summed E-state index contributed by atoms with van der Waals surface area (Å²) < 4.78 is 13.9. The lowest BCUT2D eigenvalue weighted by Crippen LogP contribution is -2.35. The standard InChI is InChI=1S/C20H17ClFN3O/c21-15-7-5-13(6-8-15)19-23-18-12-25(10-9-16(18)20(26)24-19)11-14-3-1-2-4-17(14)22/h1-8H,9-12H2,(H,23,24,26). The molecule has 1 aromatic heterocycles. The molecule has 1 aliphatic rings. The van der Waals surface area contributed by atoms with E-state index in [1.807, 2.05) is 18.2 Å². The molecule has 26 heavy (non-hydrogen) atoms. The van der Waals surface area contributed by atoms with E-state index in [2.05, 4.69) is 14.9 Å². The second-order valence-electron chi connectivity index (χ2n) is 6.40. The summed E-state index contributed by atoms with van der Waals surface area (Å²) in [5, 5.41) is 0.630. The Kier molecular flexibility index (Phi) is 4.57. The van der Waals surface area contributed by atoms with Gasteiger partial charge in [0.25, 0.3) is 5.56 Å². The number of H-pyrrole nitrogens is 1. The van der Waals surface area contributed by atoms with E-state index in [-0.39, 0.29) is 11.4 Å². The molecule has 1 aliphatic heterocycles. The maximum Gasteiger partial charge on any atom is 0.254 e. The monoisotopic (exact) mass is 369 g/mol. The van der Waals surface area contributed by atoms with Gasteiger partial charge >= 0.3 is 0 Å². The number of nitrogens with zero attached hydrogens (tertiary/aromatic N) is 2. The molecular formula is C20H17ClFN3O. The minimum atomic E-state index is -0.209. The zero-order valence-electron chi connectivity index (χ0n) is 14.0. The van der Waals surface area contributed by atoms with Crippen LogP contribution < -0.4 is 5.56 Å². The van der Waals surface area contributed by atoms with E-state index in [1.54, 1.807) is 24.3 Å². The summed E-state index contributed by atoms with van der Waals surface area (Å²) in [4.78, 5) is 22.1. The van der Waals surface area contributed by atoms with Crippen LogP contribution in [0.3, 0.4) is 0 Å². The summed E-state index contributed by atoms with van der Waals surface area (Å²) in [5.41, 5.74) is 2.82. The van der Waals surface area contributed by atoms with E-state index in [0.717, 1.165) is 11.3 Å². The van der Waals surface area contributed by atoms with Crippen LogP contribution in [0.25, 0.3) is 11.4 Å². The predicted molar refractivity (Wildman–Crippen MR) is 99.5 cm³/mol. The van der Waals surface area contributed by atoms with Crippen molar-refractivity contribution in [2.75, 3.05) is 6.54 Å². The van der Waals surface area contributed by atoms with Crippen LogP contribution in [0.4, 0.5) is 4.39 Å². The Balaban J connectivity index is 1.62. The number of benzene rings is 2. The van der Waals surface area contributed by atoms with Crippen molar-refractivity contribution in [3.63, 3.8) is 0 Å².